The number of thioether (sulfide) groups is 1. The van der Waals surface area contributed by atoms with E-state index in [4.69, 9.17) is 9.47 Å². The van der Waals surface area contributed by atoms with Crippen molar-refractivity contribution in [3.63, 3.8) is 0 Å². The molecule has 1 N–H and O–H groups in total. The van der Waals surface area contributed by atoms with Gasteiger partial charge in [-0.1, -0.05) is 19.9 Å². The second-order valence-corrected chi connectivity index (χ2v) is 9.19. The summed E-state index contributed by atoms with van der Waals surface area (Å²) in [5.74, 6) is 1.02. The molecule has 0 saturated carbocycles. The smallest absolute Gasteiger partial charge is 0.293 e. The van der Waals surface area contributed by atoms with E-state index in [1.165, 1.54) is 11.3 Å². The number of imide groups is 1. The summed E-state index contributed by atoms with van der Waals surface area (Å²) in [6.45, 7) is 4.58. The van der Waals surface area contributed by atoms with Crippen LogP contribution in [-0.4, -0.2) is 46.8 Å². The van der Waals surface area contributed by atoms with Crippen LogP contribution in [0.1, 0.15) is 36.0 Å². The highest BCUT2D eigenvalue weighted by Crippen LogP contribution is 2.36. The Kier molecular flexibility index (Phi) is 6.28. The van der Waals surface area contributed by atoms with Gasteiger partial charge in [-0.3, -0.25) is 19.3 Å². The second kappa shape index (κ2) is 9.11. The lowest BCUT2D eigenvalue weighted by Gasteiger charge is -2.12. The third kappa shape index (κ3) is 4.91. The van der Waals surface area contributed by atoms with Crippen molar-refractivity contribution >= 4 is 46.2 Å². The molecule has 31 heavy (non-hydrogen) atoms. The summed E-state index contributed by atoms with van der Waals surface area (Å²) < 4.78 is 10.6. The van der Waals surface area contributed by atoms with Gasteiger partial charge in [0.1, 0.15) is 0 Å². The molecule has 3 amide bonds. The topological polar surface area (TPSA) is 97.8 Å². The van der Waals surface area contributed by atoms with Crippen LogP contribution in [0, 0.1) is 0 Å². The van der Waals surface area contributed by atoms with Crippen LogP contribution in [0.3, 0.4) is 0 Å². The SMILES string of the molecule is CC(C)c1nc(CC(=O)NCCN2C(=O)S/C(=C\c3ccc4c(c3)OCO4)C2=O)cs1. The summed E-state index contributed by atoms with van der Waals surface area (Å²) >= 11 is 2.42. The van der Waals surface area contributed by atoms with Crippen LogP contribution < -0.4 is 14.8 Å². The Hall–Kier alpha value is -2.85. The van der Waals surface area contributed by atoms with E-state index in [9.17, 15) is 14.4 Å². The van der Waals surface area contributed by atoms with Crippen molar-refractivity contribution in [1.82, 2.24) is 15.2 Å². The molecule has 3 heterocycles. The van der Waals surface area contributed by atoms with Gasteiger partial charge in [-0.15, -0.1) is 11.3 Å². The number of rotatable bonds is 7. The Morgan fingerprint density at radius 3 is 2.87 bits per heavy atom. The summed E-state index contributed by atoms with van der Waals surface area (Å²) in [6, 6.07) is 5.32. The number of nitrogens with zero attached hydrogens (tertiary/aromatic N) is 2. The first kappa shape index (κ1) is 21.4. The first-order valence-corrected chi connectivity index (χ1v) is 11.5. The summed E-state index contributed by atoms with van der Waals surface area (Å²) in [5.41, 5.74) is 1.47. The average molecular weight is 460 g/mol. The lowest BCUT2D eigenvalue weighted by molar-refractivity contribution is -0.124. The fraction of sp³-hybridized carbons (Fsp3) is 0.333. The maximum Gasteiger partial charge on any atom is 0.293 e. The van der Waals surface area contributed by atoms with E-state index in [2.05, 4.69) is 24.1 Å². The number of benzene rings is 1. The van der Waals surface area contributed by atoms with E-state index in [0.717, 1.165) is 32.9 Å². The van der Waals surface area contributed by atoms with Gasteiger partial charge in [-0.2, -0.15) is 0 Å². The highest BCUT2D eigenvalue weighted by atomic mass is 32.2. The highest BCUT2D eigenvalue weighted by Gasteiger charge is 2.34. The van der Waals surface area contributed by atoms with Crippen molar-refractivity contribution in [2.24, 2.45) is 0 Å². The van der Waals surface area contributed by atoms with E-state index in [1.54, 1.807) is 24.3 Å². The Morgan fingerprint density at radius 1 is 1.29 bits per heavy atom. The Balaban J connectivity index is 1.30. The Labute approximate surface area is 187 Å². The maximum atomic E-state index is 12.6. The zero-order chi connectivity index (χ0) is 22.0. The predicted molar refractivity (Wildman–Crippen MR) is 118 cm³/mol. The third-order valence-corrected chi connectivity index (χ3v) is 6.73. The summed E-state index contributed by atoms with van der Waals surface area (Å²) in [4.78, 5) is 43.0. The lowest BCUT2D eigenvalue weighted by atomic mass is 10.2. The molecule has 0 spiro atoms. The zero-order valence-electron chi connectivity index (χ0n) is 17.0. The van der Waals surface area contributed by atoms with Crippen molar-refractivity contribution in [2.75, 3.05) is 19.9 Å². The minimum atomic E-state index is -0.372. The lowest BCUT2D eigenvalue weighted by Crippen LogP contribution is -2.37. The van der Waals surface area contributed by atoms with Crippen molar-refractivity contribution in [3.8, 4) is 11.5 Å². The fourth-order valence-electron chi connectivity index (χ4n) is 3.05. The summed E-state index contributed by atoms with van der Waals surface area (Å²) in [5, 5.41) is 5.27. The van der Waals surface area contributed by atoms with Crippen LogP contribution in [0.5, 0.6) is 11.5 Å². The summed E-state index contributed by atoms with van der Waals surface area (Å²) in [6.07, 6.45) is 1.83. The van der Waals surface area contributed by atoms with Gasteiger partial charge in [0.05, 0.1) is 22.0 Å². The number of thiazole rings is 1. The molecule has 4 rings (SSSR count). The molecule has 162 valence electrons. The van der Waals surface area contributed by atoms with Gasteiger partial charge in [-0.25, -0.2) is 4.98 Å². The van der Waals surface area contributed by atoms with Gasteiger partial charge in [0.2, 0.25) is 12.7 Å². The van der Waals surface area contributed by atoms with Crippen LogP contribution in [0.15, 0.2) is 28.5 Å². The highest BCUT2D eigenvalue weighted by molar-refractivity contribution is 8.18. The molecule has 0 atom stereocenters. The molecule has 1 fully saturated rings. The van der Waals surface area contributed by atoms with Crippen LogP contribution in [-0.2, 0) is 16.0 Å². The molecule has 2 aliphatic heterocycles. The number of hydrogen-bond acceptors (Lipinski definition) is 8. The first-order chi connectivity index (χ1) is 14.9. The third-order valence-electron chi connectivity index (χ3n) is 4.63. The number of ether oxygens (including phenoxy) is 2. The Bertz CT molecular complexity index is 1060. The van der Waals surface area contributed by atoms with E-state index < -0.39 is 0 Å². The van der Waals surface area contributed by atoms with Crippen molar-refractivity contribution in [1.29, 1.82) is 0 Å². The fourth-order valence-corrected chi connectivity index (χ4v) is 4.75. The number of amides is 3. The van der Waals surface area contributed by atoms with E-state index in [-0.39, 0.29) is 43.4 Å². The molecule has 0 radical (unpaired) electrons. The van der Waals surface area contributed by atoms with Crippen LogP contribution in [0.4, 0.5) is 4.79 Å². The average Bonchev–Trinajstić information content (AvgIpc) is 3.44. The predicted octanol–water partition coefficient (Wildman–Crippen LogP) is 3.39. The number of fused-ring (bicyclic) bond motifs is 1. The van der Waals surface area contributed by atoms with Crippen molar-refractivity contribution in [2.45, 2.75) is 26.2 Å². The molecule has 1 saturated heterocycles. The molecule has 10 heteroatoms. The van der Waals surface area contributed by atoms with Crippen LogP contribution in [0.25, 0.3) is 6.08 Å². The van der Waals surface area contributed by atoms with Gasteiger partial charge in [-0.05, 0) is 35.5 Å². The van der Waals surface area contributed by atoms with Gasteiger partial charge < -0.3 is 14.8 Å². The van der Waals surface area contributed by atoms with Crippen molar-refractivity contribution < 1.29 is 23.9 Å². The largest absolute Gasteiger partial charge is 0.454 e. The van der Waals surface area contributed by atoms with E-state index >= 15 is 0 Å². The zero-order valence-corrected chi connectivity index (χ0v) is 18.7. The monoisotopic (exact) mass is 459 g/mol. The number of nitrogens with one attached hydrogen (secondary N) is 1. The number of carbonyl (C=O) groups excluding carboxylic acids is 3. The molecule has 0 bridgehead atoms. The number of hydrogen-bond donors (Lipinski definition) is 1. The number of aromatic nitrogens is 1. The summed E-state index contributed by atoms with van der Waals surface area (Å²) in [7, 11) is 0. The van der Waals surface area contributed by atoms with Gasteiger partial charge >= 0.3 is 0 Å². The molecule has 2 aromatic rings. The Morgan fingerprint density at radius 2 is 2.10 bits per heavy atom. The van der Waals surface area contributed by atoms with Crippen LogP contribution >= 0.6 is 23.1 Å². The molecule has 1 aromatic heterocycles. The minimum Gasteiger partial charge on any atom is -0.454 e. The normalized spacial score (nSPS) is 16.6. The van der Waals surface area contributed by atoms with Gasteiger partial charge in [0, 0.05) is 24.4 Å². The minimum absolute atomic E-state index is 0.114. The van der Waals surface area contributed by atoms with Gasteiger partial charge in [0.25, 0.3) is 11.1 Å². The molecule has 0 aliphatic carbocycles. The molecule has 1 aromatic carbocycles. The molecule has 0 unspecified atom stereocenters. The van der Waals surface area contributed by atoms with E-state index in [0.29, 0.717) is 22.3 Å². The molecule has 2 aliphatic rings. The maximum absolute atomic E-state index is 12.6. The molecule has 8 nitrogen and oxygen atoms in total. The number of carbonyl (C=O) groups is 3. The van der Waals surface area contributed by atoms with Crippen molar-refractivity contribution in [3.05, 3.63) is 44.7 Å². The first-order valence-electron chi connectivity index (χ1n) is 9.76. The van der Waals surface area contributed by atoms with Gasteiger partial charge in [0.15, 0.2) is 11.5 Å². The van der Waals surface area contributed by atoms with Crippen LogP contribution in [0.2, 0.25) is 0 Å². The second-order valence-electron chi connectivity index (χ2n) is 7.30. The standard InChI is InChI=1S/C21H21N3O5S2/c1-12(2)19-23-14(10-30-19)9-18(25)22-5-6-24-20(26)17(31-21(24)27)8-13-3-4-15-16(7-13)29-11-28-15/h3-4,7-8,10,12H,5-6,9,11H2,1-2H3,(H,22,25)/b17-8-. The van der Waals surface area contributed by atoms with E-state index in [1.807, 2.05) is 5.38 Å². The quantitative estimate of drug-likeness (QED) is 0.634. The molecular formula is C21H21N3O5S2. The molecular weight excluding hydrogens is 438 g/mol.